The molecule has 1 aliphatic rings. The Hall–Kier alpha value is -0.930. The smallest absolute Gasteiger partial charge is 0.126 e. The van der Waals surface area contributed by atoms with Crippen LogP contribution in [-0.4, -0.2) is 37.1 Å². The van der Waals surface area contributed by atoms with Crippen molar-refractivity contribution in [3.05, 3.63) is 35.6 Å². The normalized spacial score (nSPS) is 17.8. The number of piperidine rings is 1. The minimum absolute atomic E-state index is 0.0814. The zero-order valence-corrected chi connectivity index (χ0v) is 11.9. The lowest BCUT2D eigenvalue weighted by molar-refractivity contribution is 0.198. The van der Waals surface area contributed by atoms with Crippen molar-refractivity contribution in [3.8, 4) is 0 Å². The molecule has 0 atom stereocenters. The second kappa shape index (κ2) is 7.61. The highest BCUT2D eigenvalue weighted by atomic mass is 19.1. The van der Waals surface area contributed by atoms with Crippen LogP contribution in [0.2, 0.25) is 0 Å². The molecule has 0 amide bonds. The number of nitrogens with zero attached hydrogens (tertiary/aromatic N) is 1. The number of benzene rings is 1. The van der Waals surface area contributed by atoms with E-state index in [1.54, 1.807) is 12.1 Å². The Bertz CT molecular complexity index is 373. The van der Waals surface area contributed by atoms with E-state index in [4.69, 9.17) is 0 Å². The van der Waals surface area contributed by atoms with Crippen LogP contribution >= 0.6 is 0 Å². The first kappa shape index (κ1) is 14.5. The largest absolute Gasteiger partial charge is 0.314 e. The molecule has 1 aromatic rings. The van der Waals surface area contributed by atoms with Crippen LogP contribution in [0.5, 0.6) is 0 Å². The quantitative estimate of drug-likeness (QED) is 0.850. The molecule has 1 saturated heterocycles. The molecule has 106 valence electrons. The number of rotatable bonds is 6. The fourth-order valence-electron chi connectivity index (χ4n) is 2.79. The molecule has 2 rings (SSSR count). The maximum atomic E-state index is 13.5. The fourth-order valence-corrected chi connectivity index (χ4v) is 2.79. The van der Waals surface area contributed by atoms with Gasteiger partial charge in [0.05, 0.1) is 0 Å². The average molecular weight is 264 g/mol. The van der Waals surface area contributed by atoms with E-state index in [1.807, 2.05) is 12.1 Å². The fraction of sp³-hybridized carbons (Fsp3) is 0.625. The Morgan fingerprint density at radius 2 is 2.00 bits per heavy atom. The van der Waals surface area contributed by atoms with E-state index in [1.165, 1.54) is 38.9 Å². The minimum atomic E-state index is -0.0814. The molecule has 3 heteroatoms. The zero-order valence-electron chi connectivity index (χ0n) is 11.9. The molecule has 1 N–H and O–H groups in total. The third kappa shape index (κ3) is 4.59. The molecule has 0 aliphatic carbocycles. The summed E-state index contributed by atoms with van der Waals surface area (Å²) in [7, 11) is 0. The van der Waals surface area contributed by atoms with E-state index >= 15 is 0 Å². The molecule has 0 saturated carbocycles. The molecule has 0 unspecified atom stereocenters. The first-order valence-corrected chi connectivity index (χ1v) is 7.48. The molecule has 0 radical (unpaired) electrons. The summed E-state index contributed by atoms with van der Waals surface area (Å²) in [4.78, 5) is 2.54. The van der Waals surface area contributed by atoms with Gasteiger partial charge in [0.15, 0.2) is 0 Å². The van der Waals surface area contributed by atoms with Gasteiger partial charge < -0.3 is 10.2 Å². The molecular weight excluding hydrogens is 239 g/mol. The topological polar surface area (TPSA) is 15.3 Å². The molecule has 0 bridgehead atoms. The van der Waals surface area contributed by atoms with E-state index < -0.39 is 0 Å². The summed E-state index contributed by atoms with van der Waals surface area (Å²) in [5.41, 5.74) is 0.818. The van der Waals surface area contributed by atoms with E-state index in [2.05, 4.69) is 17.1 Å². The van der Waals surface area contributed by atoms with Crippen LogP contribution in [0, 0.1) is 5.82 Å². The molecule has 0 spiro atoms. The molecule has 2 nitrogen and oxygen atoms in total. The summed E-state index contributed by atoms with van der Waals surface area (Å²) >= 11 is 0. The van der Waals surface area contributed by atoms with Crippen LogP contribution in [-0.2, 0) is 6.42 Å². The predicted octanol–water partition coefficient (Wildman–Crippen LogP) is 2.83. The summed E-state index contributed by atoms with van der Waals surface area (Å²) in [5.74, 6) is -0.0814. The first-order chi connectivity index (χ1) is 9.29. The Labute approximate surface area is 116 Å². The maximum absolute atomic E-state index is 13.5. The van der Waals surface area contributed by atoms with Gasteiger partial charge in [0, 0.05) is 6.04 Å². The lowest BCUT2D eigenvalue weighted by Gasteiger charge is -2.32. The van der Waals surface area contributed by atoms with Gasteiger partial charge in [0.2, 0.25) is 0 Å². The van der Waals surface area contributed by atoms with Crippen molar-refractivity contribution in [1.82, 2.24) is 10.2 Å². The molecule has 1 heterocycles. The lowest BCUT2D eigenvalue weighted by Crippen LogP contribution is -2.43. The molecule has 1 aromatic carbocycles. The van der Waals surface area contributed by atoms with Gasteiger partial charge in [-0.1, -0.05) is 25.1 Å². The standard InChI is InChI=1S/C16H25FN2/c1-2-11-19-12-8-15(9-13-19)18-10-7-14-5-3-4-6-16(14)17/h3-6,15,18H,2,7-13H2,1H3. The van der Waals surface area contributed by atoms with E-state index in [9.17, 15) is 4.39 Å². The van der Waals surface area contributed by atoms with Crippen molar-refractivity contribution >= 4 is 0 Å². The van der Waals surface area contributed by atoms with Gasteiger partial charge in [-0.05, 0) is 63.5 Å². The van der Waals surface area contributed by atoms with Crippen molar-refractivity contribution in [1.29, 1.82) is 0 Å². The first-order valence-electron chi connectivity index (χ1n) is 7.48. The van der Waals surface area contributed by atoms with Crippen molar-refractivity contribution in [3.63, 3.8) is 0 Å². The number of likely N-dealkylation sites (tertiary alicyclic amines) is 1. The third-order valence-corrected chi connectivity index (χ3v) is 3.91. The Morgan fingerprint density at radius 3 is 2.68 bits per heavy atom. The highest BCUT2D eigenvalue weighted by Crippen LogP contribution is 2.11. The van der Waals surface area contributed by atoms with Gasteiger partial charge >= 0.3 is 0 Å². The minimum Gasteiger partial charge on any atom is -0.314 e. The third-order valence-electron chi connectivity index (χ3n) is 3.91. The Morgan fingerprint density at radius 1 is 1.26 bits per heavy atom. The van der Waals surface area contributed by atoms with Crippen molar-refractivity contribution in [2.75, 3.05) is 26.2 Å². The number of nitrogens with one attached hydrogen (secondary N) is 1. The predicted molar refractivity (Wildman–Crippen MR) is 77.9 cm³/mol. The molecule has 19 heavy (non-hydrogen) atoms. The monoisotopic (exact) mass is 264 g/mol. The van der Waals surface area contributed by atoms with Crippen LogP contribution < -0.4 is 5.32 Å². The van der Waals surface area contributed by atoms with Crippen molar-refractivity contribution in [2.24, 2.45) is 0 Å². The van der Waals surface area contributed by atoms with Crippen LogP contribution in [0.15, 0.2) is 24.3 Å². The highest BCUT2D eigenvalue weighted by molar-refractivity contribution is 5.17. The summed E-state index contributed by atoms with van der Waals surface area (Å²) in [5, 5.41) is 3.57. The average Bonchev–Trinajstić information content (AvgIpc) is 2.43. The molecular formula is C16H25FN2. The van der Waals surface area contributed by atoms with Gasteiger partial charge in [-0.15, -0.1) is 0 Å². The Balaban J connectivity index is 1.66. The number of hydrogen-bond donors (Lipinski definition) is 1. The van der Waals surface area contributed by atoms with Crippen molar-refractivity contribution < 1.29 is 4.39 Å². The molecule has 1 aliphatic heterocycles. The van der Waals surface area contributed by atoms with Gasteiger partial charge in [0.25, 0.3) is 0 Å². The van der Waals surface area contributed by atoms with Crippen LogP contribution in [0.1, 0.15) is 31.7 Å². The van der Waals surface area contributed by atoms with Crippen LogP contribution in [0.3, 0.4) is 0 Å². The van der Waals surface area contributed by atoms with Crippen molar-refractivity contribution in [2.45, 2.75) is 38.6 Å². The second-order valence-corrected chi connectivity index (χ2v) is 5.41. The van der Waals surface area contributed by atoms with Crippen LogP contribution in [0.25, 0.3) is 0 Å². The summed E-state index contributed by atoms with van der Waals surface area (Å²) < 4.78 is 13.5. The van der Waals surface area contributed by atoms with E-state index in [0.717, 1.165) is 18.5 Å². The lowest BCUT2D eigenvalue weighted by atomic mass is 10.0. The summed E-state index contributed by atoms with van der Waals surface area (Å²) in [6, 6.07) is 7.68. The number of hydrogen-bond acceptors (Lipinski definition) is 2. The van der Waals surface area contributed by atoms with Gasteiger partial charge in [-0.2, -0.15) is 0 Å². The van der Waals surface area contributed by atoms with Gasteiger partial charge in [-0.3, -0.25) is 0 Å². The maximum Gasteiger partial charge on any atom is 0.126 e. The van der Waals surface area contributed by atoms with Gasteiger partial charge in [-0.25, -0.2) is 4.39 Å². The second-order valence-electron chi connectivity index (χ2n) is 5.41. The zero-order chi connectivity index (χ0) is 13.5. The number of halogens is 1. The Kier molecular flexibility index (Phi) is 5.80. The molecule has 0 aromatic heterocycles. The SMILES string of the molecule is CCCN1CCC(NCCc2ccccc2F)CC1. The molecule has 1 fully saturated rings. The van der Waals surface area contributed by atoms with Crippen LogP contribution in [0.4, 0.5) is 4.39 Å². The summed E-state index contributed by atoms with van der Waals surface area (Å²) in [6.07, 6.45) is 4.46. The van der Waals surface area contributed by atoms with Gasteiger partial charge in [0.1, 0.15) is 5.82 Å². The van der Waals surface area contributed by atoms with E-state index in [0.29, 0.717) is 6.04 Å². The highest BCUT2D eigenvalue weighted by Gasteiger charge is 2.17. The summed E-state index contributed by atoms with van der Waals surface area (Å²) in [6.45, 7) is 6.73. The van der Waals surface area contributed by atoms with E-state index in [-0.39, 0.29) is 5.82 Å².